The highest BCUT2D eigenvalue weighted by Crippen LogP contribution is 2.33. The summed E-state index contributed by atoms with van der Waals surface area (Å²) >= 11 is 5.71. The van der Waals surface area contributed by atoms with Gasteiger partial charge in [-0.2, -0.15) is 0 Å². The first-order valence-electron chi connectivity index (χ1n) is 4.25. The molecule has 0 radical (unpaired) electrons. The molecule has 1 aromatic rings. The van der Waals surface area contributed by atoms with Crippen LogP contribution in [0.4, 0.5) is 0 Å². The number of halogens is 1. The van der Waals surface area contributed by atoms with Gasteiger partial charge in [-0.1, -0.05) is 11.6 Å². The predicted octanol–water partition coefficient (Wildman–Crippen LogP) is 1.97. The molecule has 1 aromatic carbocycles. The summed E-state index contributed by atoms with van der Waals surface area (Å²) in [6.07, 6.45) is 0. The molecule has 16 heavy (non-hydrogen) atoms. The van der Waals surface area contributed by atoms with E-state index in [-0.39, 0.29) is 22.1 Å². The fourth-order valence-electron chi connectivity index (χ4n) is 1.09. The second-order valence-electron chi connectivity index (χ2n) is 2.88. The van der Waals surface area contributed by atoms with E-state index < -0.39 is 11.9 Å². The zero-order valence-corrected chi connectivity index (χ0v) is 9.37. The molecule has 0 aliphatic carbocycles. The smallest absolute Gasteiger partial charge is 0.337 e. The number of aromatic carboxylic acids is 1. The molecule has 0 atom stereocenters. The molecule has 5 nitrogen and oxygen atoms in total. The van der Waals surface area contributed by atoms with Gasteiger partial charge < -0.3 is 14.6 Å². The zero-order chi connectivity index (χ0) is 12.3. The van der Waals surface area contributed by atoms with Crippen molar-refractivity contribution in [3.05, 3.63) is 22.7 Å². The minimum Gasteiger partial charge on any atom is -0.493 e. The van der Waals surface area contributed by atoms with Crippen LogP contribution in [-0.2, 0) is 4.79 Å². The lowest BCUT2D eigenvalue weighted by Gasteiger charge is -2.09. The van der Waals surface area contributed by atoms with Crippen LogP contribution in [0.1, 0.15) is 17.3 Å². The lowest BCUT2D eigenvalue weighted by atomic mass is 10.2. The van der Waals surface area contributed by atoms with Crippen LogP contribution in [0, 0.1) is 0 Å². The van der Waals surface area contributed by atoms with Gasteiger partial charge in [0, 0.05) is 19.1 Å². The summed E-state index contributed by atoms with van der Waals surface area (Å²) in [6, 6.07) is 2.42. The van der Waals surface area contributed by atoms with Gasteiger partial charge in [-0.05, 0) is 0 Å². The van der Waals surface area contributed by atoms with Gasteiger partial charge in [0.1, 0.15) is 0 Å². The van der Waals surface area contributed by atoms with Gasteiger partial charge in [-0.15, -0.1) is 0 Å². The summed E-state index contributed by atoms with van der Waals surface area (Å²) in [6.45, 7) is 1.22. The highest BCUT2D eigenvalue weighted by molar-refractivity contribution is 6.33. The summed E-state index contributed by atoms with van der Waals surface area (Å²) < 4.78 is 9.70. The largest absolute Gasteiger partial charge is 0.493 e. The number of benzene rings is 1. The van der Waals surface area contributed by atoms with E-state index in [9.17, 15) is 9.59 Å². The second-order valence-corrected chi connectivity index (χ2v) is 3.29. The first-order chi connectivity index (χ1) is 7.45. The van der Waals surface area contributed by atoms with Gasteiger partial charge in [-0.3, -0.25) is 4.79 Å². The van der Waals surface area contributed by atoms with E-state index >= 15 is 0 Å². The van der Waals surface area contributed by atoms with Crippen molar-refractivity contribution >= 4 is 23.5 Å². The Kier molecular flexibility index (Phi) is 3.73. The summed E-state index contributed by atoms with van der Waals surface area (Å²) in [5.41, 5.74) is -0.116. The van der Waals surface area contributed by atoms with Crippen LogP contribution in [-0.4, -0.2) is 24.2 Å². The number of carboxylic acids is 1. The second kappa shape index (κ2) is 4.85. The van der Waals surface area contributed by atoms with Crippen molar-refractivity contribution in [2.24, 2.45) is 0 Å². The molecule has 0 fully saturated rings. The van der Waals surface area contributed by atoms with Crippen molar-refractivity contribution in [3.63, 3.8) is 0 Å². The van der Waals surface area contributed by atoms with Crippen LogP contribution < -0.4 is 9.47 Å². The molecule has 0 amide bonds. The first-order valence-corrected chi connectivity index (χ1v) is 4.62. The molecule has 0 saturated carbocycles. The number of carbonyl (C=O) groups is 2. The Labute approximate surface area is 96.5 Å². The van der Waals surface area contributed by atoms with Gasteiger partial charge in [-0.25, -0.2) is 4.79 Å². The lowest BCUT2D eigenvalue weighted by Crippen LogP contribution is -2.05. The van der Waals surface area contributed by atoms with Crippen LogP contribution in [0.15, 0.2) is 12.1 Å². The number of esters is 1. The number of ether oxygens (including phenoxy) is 2. The van der Waals surface area contributed by atoms with Gasteiger partial charge >= 0.3 is 11.9 Å². The van der Waals surface area contributed by atoms with E-state index in [2.05, 4.69) is 0 Å². The zero-order valence-electron chi connectivity index (χ0n) is 8.61. The van der Waals surface area contributed by atoms with Crippen LogP contribution in [0.2, 0.25) is 5.02 Å². The predicted molar refractivity (Wildman–Crippen MR) is 56.3 cm³/mol. The number of carbonyl (C=O) groups excluding carboxylic acids is 1. The maximum Gasteiger partial charge on any atom is 0.337 e. The molecule has 0 saturated heterocycles. The number of hydrogen-bond acceptors (Lipinski definition) is 4. The minimum absolute atomic E-state index is 0.0236. The van der Waals surface area contributed by atoms with E-state index in [1.807, 2.05) is 0 Å². The molecule has 0 aliphatic heterocycles. The fourth-order valence-corrected chi connectivity index (χ4v) is 1.33. The molecule has 1 N–H and O–H groups in total. The Morgan fingerprint density at radius 1 is 1.31 bits per heavy atom. The number of carboxylic acid groups (broad SMARTS) is 1. The minimum atomic E-state index is -1.18. The number of rotatable bonds is 3. The SMILES string of the molecule is COc1cc(C(=O)O)c(Cl)cc1OC(C)=O. The Morgan fingerprint density at radius 2 is 1.94 bits per heavy atom. The third-order valence-electron chi connectivity index (χ3n) is 1.74. The topological polar surface area (TPSA) is 72.8 Å². The number of hydrogen-bond donors (Lipinski definition) is 1. The van der Waals surface area contributed by atoms with Gasteiger partial charge in [0.15, 0.2) is 11.5 Å². The molecule has 0 aromatic heterocycles. The lowest BCUT2D eigenvalue weighted by molar-refractivity contribution is -0.132. The van der Waals surface area contributed by atoms with Crippen molar-refractivity contribution < 1.29 is 24.2 Å². The van der Waals surface area contributed by atoms with E-state index in [1.165, 1.54) is 26.2 Å². The molecule has 0 aliphatic rings. The summed E-state index contributed by atoms with van der Waals surface area (Å²) in [4.78, 5) is 21.5. The van der Waals surface area contributed by atoms with E-state index in [0.29, 0.717) is 0 Å². The van der Waals surface area contributed by atoms with Crippen LogP contribution in [0.25, 0.3) is 0 Å². The monoisotopic (exact) mass is 244 g/mol. The van der Waals surface area contributed by atoms with E-state index in [4.69, 9.17) is 26.2 Å². The Bertz CT molecular complexity index is 441. The third kappa shape index (κ3) is 2.64. The Hall–Kier alpha value is -1.75. The maximum atomic E-state index is 10.8. The highest BCUT2D eigenvalue weighted by Gasteiger charge is 2.16. The normalized spacial score (nSPS) is 9.69. The summed E-state index contributed by atoms with van der Waals surface area (Å²) in [7, 11) is 1.34. The van der Waals surface area contributed by atoms with Crippen molar-refractivity contribution in [2.75, 3.05) is 7.11 Å². The summed E-state index contributed by atoms with van der Waals surface area (Å²) in [5.74, 6) is -1.50. The van der Waals surface area contributed by atoms with Crippen molar-refractivity contribution in [1.82, 2.24) is 0 Å². The van der Waals surface area contributed by atoms with Crippen LogP contribution in [0.3, 0.4) is 0 Å². The van der Waals surface area contributed by atoms with Crippen molar-refractivity contribution in [1.29, 1.82) is 0 Å². The molecular formula is C10H9ClO5. The molecule has 0 bridgehead atoms. The Morgan fingerprint density at radius 3 is 2.38 bits per heavy atom. The Balaban J connectivity index is 3.26. The molecule has 0 unspecified atom stereocenters. The van der Waals surface area contributed by atoms with E-state index in [0.717, 1.165) is 0 Å². The molecule has 1 rings (SSSR count). The molecule has 0 heterocycles. The molecule has 0 spiro atoms. The fraction of sp³-hybridized carbons (Fsp3) is 0.200. The highest BCUT2D eigenvalue weighted by atomic mass is 35.5. The van der Waals surface area contributed by atoms with Gasteiger partial charge in [0.25, 0.3) is 0 Å². The average Bonchev–Trinajstić information content (AvgIpc) is 2.16. The first kappa shape index (κ1) is 12.3. The van der Waals surface area contributed by atoms with Crippen molar-refractivity contribution in [2.45, 2.75) is 6.92 Å². The summed E-state index contributed by atoms with van der Waals surface area (Å²) in [5, 5.41) is 8.79. The quantitative estimate of drug-likeness (QED) is 0.650. The van der Waals surface area contributed by atoms with Crippen molar-refractivity contribution in [3.8, 4) is 11.5 Å². The van der Waals surface area contributed by atoms with Crippen LogP contribution >= 0.6 is 11.6 Å². The maximum absolute atomic E-state index is 10.8. The molecule has 86 valence electrons. The number of methoxy groups -OCH3 is 1. The molecular weight excluding hydrogens is 236 g/mol. The van der Waals surface area contributed by atoms with Gasteiger partial charge in [0.05, 0.1) is 17.7 Å². The molecule has 6 heteroatoms. The standard InChI is InChI=1S/C10H9ClO5/c1-5(12)16-9-4-7(11)6(10(13)14)3-8(9)15-2/h3-4H,1-2H3,(H,13,14). The van der Waals surface area contributed by atoms with Crippen LogP contribution in [0.5, 0.6) is 11.5 Å². The van der Waals surface area contributed by atoms with Gasteiger partial charge in [0.2, 0.25) is 0 Å². The third-order valence-corrected chi connectivity index (χ3v) is 2.05. The average molecular weight is 245 g/mol. The van der Waals surface area contributed by atoms with E-state index in [1.54, 1.807) is 0 Å².